The second-order valence-electron chi connectivity index (χ2n) is 12.2. The monoisotopic (exact) mass is 665 g/mol. The number of aliphatic carboxylic acids is 1. The Hall–Kier alpha value is -5.46. The second kappa shape index (κ2) is 16.6. The Morgan fingerprint density at radius 1 is 0.633 bits per heavy atom. The van der Waals surface area contributed by atoms with Gasteiger partial charge >= 0.3 is 5.97 Å². The summed E-state index contributed by atoms with van der Waals surface area (Å²) in [5.41, 5.74) is 16.2. The predicted molar refractivity (Wildman–Crippen MR) is 188 cm³/mol. The Morgan fingerprint density at radius 2 is 1.16 bits per heavy atom. The third kappa shape index (κ3) is 9.12. The van der Waals surface area contributed by atoms with Crippen LogP contribution in [0.1, 0.15) is 36.0 Å². The average molecular weight is 666 g/mol. The van der Waals surface area contributed by atoms with Gasteiger partial charge in [0.15, 0.2) is 0 Å². The zero-order valence-electron chi connectivity index (χ0n) is 27.2. The van der Waals surface area contributed by atoms with E-state index in [1.165, 1.54) is 0 Å². The van der Waals surface area contributed by atoms with Gasteiger partial charge in [0.05, 0.1) is 6.04 Å². The molecule has 0 radical (unpaired) electrons. The molecular weight excluding hydrogens is 622 g/mol. The molecule has 0 saturated carbocycles. The van der Waals surface area contributed by atoms with E-state index in [1.54, 1.807) is 6.20 Å². The maximum atomic E-state index is 13.8. The fraction of sp³-hybridized carbons (Fsp3) is 0.297. The Kier molecular flexibility index (Phi) is 11.8. The van der Waals surface area contributed by atoms with Gasteiger partial charge in [0.25, 0.3) is 0 Å². The highest BCUT2D eigenvalue weighted by molar-refractivity contribution is 5.95. The molecule has 2 aromatic heterocycles. The van der Waals surface area contributed by atoms with E-state index in [2.05, 4.69) is 25.9 Å². The fourth-order valence-corrected chi connectivity index (χ4v) is 5.99. The van der Waals surface area contributed by atoms with Crippen molar-refractivity contribution in [3.8, 4) is 0 Å². The van der Waals surface area contributed by atoms with Gasteiger partial charge in [-0.2, -0.15) is 0 Å². The minimum atomic E-state index is -1.26. The number of nitrogens with two attached hydrogens (primary N) is 2. The molecule has 4 unspecified atom stereocenters. The summed E-state index contributed by atoms with van der Waals surface area (Å²) in [7, 11) is 0. The quantitative estimate of drug-likeness (QED) is 0.0696. The summed E-state index contributed by atoms with van der Waals surface area (Å²) in [6.07, 6.45) is 5.37. The zero-order valence-corrected chi connectivity index (χ0v) is 27.2. The lowest BCUT2D eigenvalue weighted by Crippen LogP contribution is -2.58. The number of carbonyl (C=O) groups excluding carboxylic acids is 3. The van der Waals surface area contributed by atoms with Crippen LogP contribution in [0.5, 0.6) is 0 Å². The molecule has 3 amide bonds. The highest BCUT2D eigenvalue weighted by atomic mass is 16.4. The second-order valence-corrected chi connectivity index (χ2v) is 12.2. The molecule has 0 spiro atoms. The third-order valence-corrected chi connectivity index (χ3v) is 8.66. The SMILES string of the molecule is NCCCCC(NC(=O)C(N)Cc1c[nH]c2ccccc12)C(=O)NC(Cc1ccccc1)C(=O)NC(Cc1c[nH]c2ccccc12)C(=O)O. The lowest BCUT2D eigenvalue weighted by molar-refractivity contribution is -0.142. The van der Waals surface area contributed by atoms with E-state index in [1.807, 2.05) is 85.1 Å². The Morgan fingerprint density at radius 3 is 1.78 bits per heavy atom. The number of unbranched alkanes of at least 4 members (excludes halogenated alkanes) is 1. The Labute approximate surface area is 284 Å². The van der Waals surface area contributed by atoms with E-state index in [9.17, 15) is 24.3 Å². The topological polar surface area (TPSA) is 208 Å². The van der Waals surface area contributed by atoms with E-state index in [4.69, 9.17) is 11.5 Å². The first-order chi connectivity index (χ1) is 23.7. The number of fused-ring (bicyclic) bond motifs is 2. The normalized spacial score (nSPS) is 13.8. The highest BCUT2D eigenvalue weighted by Gasteiger charge is 2.31. The van der Waals surface area contributed by atoms with E-state index >= 15 is 0 Å². The molecule has 49 heavy (non-hydrogen) atoms. The van der Waals surface area contributed by atoms with E-state index in [-0.39, 0.29) is 25.7 Å². The third-order valence-electron chi connectivity index (χ3n) is 8.66. The Bertz CT molecular complexity index is 1890. The number of carbonyl (C=O) groups is 4. The van der Waals surface area contributed by atoms with Crippen LogP contribution in [-0.4, -0.2) is 69.5 Å². The van der Waals surface area contributed by atoms with Crippen LogP contribution >= 0.6 is 0 Å². The van der Waals surface area contributed by atoms with Crippen molar-refractivity contribution in [2.45, 2.75) is 62.7 Å². The first-order valence-electron chi connectivity index (χ1n) is 16.5. The summed E-state index contributed by atoms with van der Waals surface area (Å²) < 4.78 is 0. The fourth-order valence-electron chi connectivity index (χ4n) is 5.99. The number of benzene rings is 3. The molecule has 12 heteroatoms. The van der Waals surface area contributed by atoms with Gasteiger partial charge in [-0.05, 0) is 61.1 Å². The molecule has 4 atom stereocenters. The molecule has 0 saturated heterocycles. The van der Waals surface area contributed by atoms with E-state index < -0.39 is 47.9 Å². The maximum Gasteiger partial charge on any atom is 0.326 e. The number of carboxylic acids is 1. The molecule has 0 aliphatic heterocycles. The van der Waals surface area contributed by atoms with Crippen molar-refractivity contribution in [1.82, 2.24) is 25.9 Å². The number of para-hydroxylation sites is 2. The molecule has 10 N–H and O–H groups in total. The van der Waals surface area contributed by atoms with Gasteiger partial charge < -0.3 is 42.5 Å². The zero-order chi connectivity index (χ0) is 34.8. The summed E-state index contributed by atoms with van der Waals surface area (Å²) in [5.74, 6) is -2.96. The first-order valence-corrected chi connectivity index (χ1v) is 16.5. The molecule has 5 aromatic rings. The number of hydrogen-bond acceptors (Lipinski definition) is 6. The van der Waals surface area contributed by atoms with E-state index in [0.29, 0.717) is 19.4 Å². The van der Waals surface area contributed by atoms with Gasteiger partial charge in [0.2, 0.25) is 17.7 Å². The van der Waals surface area contributed by atoms with Crippen LogP contribution in [0.2, 0.25) is 0 Å². The number of nitrogens with one attached hydrogen (secondary N) is 5. The molecule has 0 fully saturated rings. The standard InChI is InChI=1S/C37H43N7O5/c38-17-9-8-16-31(42-34(45)28(39)19-24-21-40-29-14-6-4-12-26(24)29)35(46)43-32(18-23-10-2-1-3-11-23)36(47)44-33(37(48)49)20-25-22-41-30-15-7-5-13-27(25)30/h1-7,10-15,21-22,28,31-33,40-41H,8-9,16-20,38-39H2,(H,42,45)(H,43,46)(H,44,47)(H,48,49). The van der Waals surface area contributed by atoms with Gasteiger partial charge in [-0.3, -0.25) is 14.4 Å². The molecule has 5 rings (SSSR count). The van der Waals surface area contributed by atoms with Crippen LogP contribution in [0.3, 0.4) is 0 Å². The largest absolute Gasteiger partial charge is 0.480 e. The maximum absolute atomic E-state index is 13.8. The van der Waals surface area contributed by atoms with Crippen molar-refractivity contribution in [3.05, 3.63) is 108 Å². The molecule has 12 nitrogen and oxygen atoms in total. The number of carboxylic acid groups (broad SMARTS) is 1. The molecule has 0 bridgehead atoms. The molecule has 0 aliphatic rings. The minimum absolute atomic E-state index is 0.0309. The van der Waals surface area contributed by atoms with Gasteiger partial charge in [-0.25, -0.2) is 4.79 Å². The van der Waals surface area contributed by atoms with Crippen molar-refractivity contribution in [2.24, 2.45) is 11.5 Å². The van der Waals surface area contributed by atoms with Crippen LogP contribution in [0.15, 0.2) is 91.3 Å². The molecule has 2 heterocycles. The van der Waals surface area contributed by atoms with Crippen molar-refractivity contribution in [2.75, 3.05) is 6.54 Å². The van der Waals surface area contributed by atoms with Gasteiger partial charge in [0.1, 0.15) is 18.1 Å². The smallest absolute Gasteiger partial charge is 0.326 e. The summed E-state index contributed by atoms with van der Waals surface area (Å²) in [6, 6.07) is 20.0. The molecular formula is C37H43N7O5. The first kappa shape index (κ1) is 34.9. The lowest BCUT2D eigenvalue weighted by Gasteiger charge is -2.25. The number of hydrogen-bond donors (Lipinski definition) is 8. The number of rotatable bonds is 17. The Balaban J connectivity index is 1.31. The van der Waals surface area contributed by atoms with Gasteiger partial charge in [-0.1, -0.05) is 66.7 Å². The van der Waals surface area contributed by atoms with Crippen molar-refractivity contribution >= 4 is 45.5 Å². The number of aromatic amines is 2. The minimum Gasteiger partial charge on any atom is -0.480 e. The predicted octanol–water partition coefficient (Wildman–Crippen LogP) is 2.67. The van der Waals surface area contributed by atoms with Crippen molar-refractivity contribution in [3.63, 3.8) is 0 Å². The van der Waals surface area contributed by atoms with Crippen LogP contribution in [0.4, 0.5) is 0 Å². The van der Waals surface area contributed by atoms with Crippen LogP contribution in [-0.2, 0) is 38.4 Å². The number of aromatic nitrogens is 2. The van der Waals surface area contributed by atoms with Crippen molar-refractivity contribution in [1.29, 1.82) is 0 Å². The molecule has 256 valence electrons. The highest BCUT2D eigenvalue weighted by Crippen LogP contribution is 2.20. The summed E-state index contributed by atoms with van der Waals surface area (Å²) in [4.78, 5) is 59.6. The van der Waals surface area contributed by atoms with Crippen LogP contribution < -0.4 is 27.4 Å². The van der Waals surface area contributed by atoms with Crippen LogP contribution in [0, 0.1) is 0 Å². The van der Waals surface area contributed by atoms with Gasteiger partial charge in [0, 0.05) is 47.0 Å². The van der Waals surface area contributed by atoms with E-state index in [0.717, 1.165) is 38.5 Å². The average Bonchev–Trinajstić information content (AvgIpc) is 3.71. The summed E-state index contributed by atoms with van der Waals surface area (Å²) >= 11 is 0. The molecule has 3 aromatic carbocycles. The number of H-pyrrole nitrogens is 2. The summed E-state index contributed by atoms with van der Waals surface area (Å²) in [5, 5.41) is 20.1. The summed E-state index contributed by atoms with van der Waals surface area (Å²) in [6.45, 7) is 0.411. The molecule has 0 aliphatic carbocycles. The van der Waals surface area contributed by atoms with Gasteiger partial charge in [-0.15, -0.1) is 0 Å². The van der Waals surface area contributed by atoms with Crippen LogP contribution in [0.25, 0.3) is 21.8 Å². The lowest BCUT2D eigenvalue weighted by atomic mass is 10.0. The number of amides is 3. The van der Waals surface area contributed by atoms with Crippen molar-refractivity contribution < 1.29 is 24.3 Å².